The van der Waals surface area contributed by atoms with Gasteiger partial charge in [-0.15, -0.1) is 5.10 Å². The van der Waals surface area contributed by atoms with Crippen molar-refractivity contribution in [1.29, 1.82) is 0 Å². The second-order valence-corrected chi connectivity index (χ2v) is 4.86. The molecule has 0 aliphatic carbocycles. The molecule has 2 unspecified atom stereocenters. The molecule has 2 heterocycles. The number of rotatable bonds is 5. The molecule has 2 rings (SSSR count). The topological polar surface area (TPSA) is 71.8 Å². The van der Waals surface area contributed by atoms with Crippen molar-refractivity contribution in [1.82, 2.24) is 25.6 Å². The summed E-state index contributed by atoms with van der Waals surface area (Å²) in [5, 5.41) is 13.9. The van der Waals surface area contributed by atoms with E-state index < -0.39 is 0 Å². The van der Waals surface area contributed by atoms with E-state index in [-0.39, 0.29) is 11.9 Å². The molecule has 1 aromatic rings. The number of aromatic nitrogens is 3. The molecule has 1 fully saturated rings. The molecule has 1 saturated heterocycles. The van der Waals surface area contributed by atoms with E-state index in [0.29, 0.717) is 12.5 Å². The fourth-order valence-corrected chi connectivity index (χ4v) is 2.32. The van der Waals surface area contributed by atoms with E-state index >= 15 is 0 Å². The second-order valence-electron chi connectivity index (χ2n) is 4.86. The zero-order chi connectivity index (χ0) is 12.8. The molecule has 6 heteroatoms. The lowest BCUT2D eigenvalue weighted by Gasteiger charge is -2.28. The van der Waals surface area contributed by atoms with E-state index in [1.54, 1.807) is 10.9 Å². The number of hydrogen-bond acceptors (Lipinski definition) is 4. The minimum Gasteiger partial charge on any atom is -0.355 e. The van der Waals surface area contributed by atoms with Crippen LogP contribution in [-0.2, 0) is 11.3 Å². The van der Waals surface area contributed by atoms with E-state index in [9.17, 15) is 4.79 Å². The van der Waals surface area contributed by atoms with Crippen LogP contribution in [-0.4, -0.2) is 40.0 Å². The highest BCUT2D eigenvalue weighted by atomic mass is 16.2. The van der Waals surface area contributed by atoms with Crippen LogP contribution in [0.4, 0.5) is 0 Å². The third kappa shape index (κ3) is 3.53. The van der Waals surface area contributed by atoms with Crippen LogP contribution < -0.4 is 10.6 Å². The molecule has 0 saturated carbocycles. The largest absolute Gasteiger partial charge is 0.355 e. The standard InChI is InChI=1S/C12H21N5O/c1-10-4-2-5-13-11(10)12(18)14-6-3-8-17-9-7-15-16-17/h7,9-11,13H,2-6,8H2,1H3,(H,14,18). The van der Waals surface area contributed by atoms with Crippen LogP contribution in [0.15, 0.2) is 12.4 Å². The van der Waals surface area contributed by atoms with Crippen molar-refractivity contribution in [3.05, 3.63) is 12.4 Å². The van der Waals surface area contributed by atoms with Crippen molar-refractivity contribution < 1.29 is 4.79 Å². The van der Waals surface area contributed by atoms with Crippen molar-refractivity contribution in [3.8, 4) is 0 Å². The fourth-order valence-electron chi connectivity index (χ4n) is 2.32. The van der Waals surface area contributed by atoms with Gasteiger partial charge >= 0.3 is 0 Å². The van der Waals surface area contributed by atoms with Crippen LogP contribution in [0.25, 0.3) is 0 Å². The van der Waals surface area contributed by atoms with Gasteiger partial charge in [0.05, 0.1) is 12.2 Å². The maximum atomic E-state index is 12.0. The van der Waals surface area contributed by atoms with Gasteiger partial charge in [-0.3, -0.25) is 9.48 Å². The van der Waals surface area contributed by atoms with Crippen molar-refractivity contribution >= 4 is 5.91 Å². The predicted octanol–water partition coefficient (Wildman–Crippen LogP) is 0.173. The molecular weight excluding hydrogens is 230 g/mol. The van der Waals surface area contributed by atoms with Crippen molar-refractivity contribution in [2.45, 2.75) is 38.8 Å². The maximum absolute atomic E-state index is 12.0. The first-order chi connectivity index (χ1) is 8.77. The molecule has 6 nitrogen and oxygen atoms in total. The van der Waals surface area contributed by atoms with Gasteiger partial charge in [0.25, 0.3) is 0 Å². The van der Waals surface area contributed by atoms with E-state index in [2.05, 4.69) is 27.9 Å². The summed E-state index contributed by atoms with van der Waals surface area (Å²) in [5.74, 6) is 0.551. The number of carbonyl (C=O) groups excluding carboxylic acids is 1. The summed E-state index contributed by atoms with van der Waals surface area (Å²) >= 11 is 0. The van der Waals surface area contributed by atoms with Gasteiger partial charge in [0.1, 0.15) is 0 Å². The molecule has 0 bridgehead atoms. The summed E-state index contributed by atoms with van der Waals surface area (Å²) in [6, 6.07) is -0.0230. The Balaban J connectivity index is 1.65. The van der Waals surface area contributed by atoms with Crippen LogP contribution >= 0.6 is 0 Å². The van der Waals surface area contributed by atoms with Crippen LogP contribution in [0.3, 0.4) is 0 Å². The molecule has 1 amide bonds. The van der Waals surface area contributed by atoms with Crippen molar-refractivity contribution in [3.63, 3.8) is 0 Å². The molecule has 2 atom stereocenters. The third-order valence-electron chi connectivity index (χ3n) is 3.39. The highest BCUT2D eigenvalue weighted by molar-refractivity contribution is 5.82. The summed E-state index contributed by atoms with van der Waals surface area (Å²) in [5.41, 5.74) is 0. The van der Waals surface area contributed by atoms with Gasteiger partial charge in [-0.05, 0) is 31.7 Å². The monoisotopic (exact) mass is 251 g/mol. The first kappa shape index (κ1) is 13.0. The van der Waals surface area contributed by atoms with E-state index in [0.717, 1.165) is 32.4 Å². The molecule has 2 N–H and O–H groups in total. The zero-order valence-corrected chi connectivity index (χ0v) is 10.8. The second kappa shape index (κ2) is 6.49. The predicted molar refractivity (Wildman–Crippen MR) is 67.8 cm³/mol. The number of hydrogen-bond donors (Lipinski definition) is 2. The quantitative estimate of drug-likeness (QED) is 0.732. The van der Waals surface area contributed by atoms with Gasteiger partial charge in [0.15, 0.2) is 0 Å². The Morgan fingerprint density at radius 3 is 3.22 bits per heavy atom. The van der Waals surface area contributed by atoms with Crippen LogP contribution in [0, 0.1) is 5.92 Å². The third-order valence-corrected chi connectivity index (χ3v) is 3.39. The van der Waals surface area contributed by atoms with Crippen LogP contribution in [0.1, 0.15) is 26.2 Å². The SMILES string of the molecule is CC1CCCNC1C(=O)NCCCn1ccnn1. The molecule has 0 aromatic carbocycles. The van der Waals surface area contributed by atoms with Gasteiger partial charge in [0, 0.05) is 19.3 Å². The molecule has 1 aliphatic rings. The Labute approximate surface area is 107 Å². The van der Waals surface area contributed by atoms with Crippen molar-refractivity contribution in [2.75, 3.05) is 13.1 Å². The zero-order valence-electron chi connectivity index (χ0n) is 10.8. The van der Waals surface area contributed by atoms with Gasteiger partial charge in [0.2, 0.25) is 5.91 Å². The molecule has 0 spiro atoms. The Bertz CT molecular complexity index is 365. The molecule has 1 aromatic heterocycles. The average molecular weight is 251 g/mol. The normalized spacial score (nSPS) is 23.8. The number of aryl methyl sites for hydroxylation is 1. The van der Waals surface area contributed by atoms with E-state index in [1.807, 2.05) is 6.20 Å². The number of nitrogens with zero attached hydrogens (tertiary/aromatic N) is 3. The highest BCUT2D eigenvalue weighted by Crippen LogP contribution is 2.15. The fraction of sp³-hybridized carbons (Fsp3) is 0.750. The highest BCUT2D eigenvalue weighted by Gasteiger charge is 2.26. The lowest BCUT2D eigenvalue weighted by atomic mass is 9.92. The summed E-state index contributed by atoms with van der Waals surface area (Å²) < 4.78 is 1.77. The molecule has 100 valence electrons. The molecule has 1 aliphatic heterocycles. The number of amides is 1. The summed E-state index contributed by atoms with van der Waals surface area (Å²) in [6.45, 7) is 4.55. The van der Waals surface area contributed by atoms with Gasteiger partial charge in [-0.2, -0.15) is 0 Å². The number of piperidine rings is 1. The summed E-state index contributed by atoms with van der Waals surface area (Å²) in [6.07, 6.45) is 6.65. The summed E-state index contributed by atoms with van der Waals surface area (Å²) in [4.78, 5) is 12.0. The Morgan fingerprint density at radius 2 is 2.50 bits per heavy atom. The minimum absolute atomic E-state index is 0.0230. The van der Waals surface area contributed by atoms with Crippen LogP contribution in [0.5, 0.6) is 0 Å². The number of nitrogens with one attached hydrogen (secondary N) is 2. The van der Waals surface area contributed by atoms with Crippen LogP contribution in [0.2, 0.25) is 0 Å². The minimum atomic E-state index is -0.0230. The first-order valence-corrected chi connectivity index (χ1v) is 6.62. The Kier molecular flexibility index (Phi) is 4.69. The van der Waals surface area contributed by atoms with Crippen molar-refractivity contribution in [2.24, 2.45) is 5.92 Å². The Hall–Kier alpha value is -1.43. The number of carbonyl (C=O) groups is 1. The first-order valence-electron chi connectivity index (χ1n) is 6.62. The van der Waals surface area contributed by atoms with Gasteiger partial charge in [-0.25, -0.2) is 0 Å². The maximum Gasteiger partial charge on any atom is 0.237 e. The van der Waals surface area contributed by atoms with Gasteiger partial charge < -0.3 is 10.6 Å². The lowest BCUT2D eigenvalue weighted by molar-refractivity contribution is -0.124. The molecule has 18 heavy (non-hydrogen) atoms. The smallest absolute Gasteiger partial charge is 0.237 e. The lowest BCUT2D eigenvalue weighted by Crippen LogP contribution is -2.51. The van der Waals surface area contributed by atoms with E-state index in [1.165, 1.54) is 0 Å². The van der Waals surface area contributed by atoms with E-state index in [4.69, 9.17) is 0 Å². The summed E-state index contributed by atoms with van der Waals surface area (Å²) in [7, 11) is 0. The van der Waals surface area contributed by atoms with Gasteiger partial charge in [-0.1, -0.05) is 12.1 Å². The Morgan fingerprint density at radius 1 is 1.61 bits per heavy atom. The molecular formula is C12H21N5O. The molecule has 0 radical (unpaired) electrons. The average Bonchev–Trinajstić information content (AvgIpc) is 2.88.